The number of ketones is 1. The number of benzene rings is 1. The minimum atomic E-state index is -4.36. The number of carbonyl (C=O) groups is 1. The molecule has 1 heterocycles. The third kappa shape index (κ3) is 3.60. The van der Waals surface area contributed by atoms with Gasteiger partial charge in [-0.1, -0.05) is 19.1 Å². The summed E-state index contributed by atoms with van der Waals surface area (Å²) >= 11 is 0. The van der Waals surface area contributed by atoms with Gasteiger partial charge in [0, 0.05) is 18.0 Å². The quantitative estimate of drug-likeness (QED) is 0.787. The minimum Gasteiger partial charge on any atom is -0.303 e. The number of Topliss-reactive ketones (excluding diaryl/α,β-unsaturated/α-hetero) is 1. The second kappa shape index (κ2) is 5.95. The van der Waals surface area contributed by atoms with Gasteiger partial charge in [0.25, 0.3) is 0 Å². The van der Waals surface area contributed by atoms with E-state index in [9.17, 15) is 18.0 Å². The molecule has 0 radical (unpaired) electrons. The molecule has 1 aromatic rings. The van der Waals surface area contributed by atoms with Gasteiger partial charge < -0.3 is 4.90 Å². The van der Waals surface area contributed by atoms with Gasteiger partial charge in [-0.3, -0.25) is 4.79 Å². The summed E-state index contributed by atoms with van der Waals surface area (Å²) in [4.78, 5) is 14.4. The van der Waals surface area contributed by atoms with E-state index in [1.54, 1.807) is 0 Å². The van der Waals surface area contributed by atoms with Gasteiger partial charge in [-0.2, -0.15) is 13.2 Å². The van der Waals surface area contributed by atoms with Crippen LogP contribution in [0, 0.1) is 5.92 Å². The van der Waals surface area contributed by atoms with Gasteiger partial charge >= 0.3 is 6.18 Å². The Kier molecular flexibility index (Phi) is 4.48. The average Bonchev–Trinajstić information content (AvgIpc) is 2.90. The smallest absolute Gasteiger partial charge is 0.303 e. The lowest BCUT2D eigenvalue weighted by molar-refractivity contribution is -0.137. The Morgan fingerprint density at radius 3 is 2.25 bits per heavy atom. The third-order valence-corrected chi connectivity index (χ3v) is 3.68. The molecule has 0 N–H and O–H groups in total. The number of hydrogen-bond acceptors (Lipinski definition) is 2. The summed E-state index contributed by atoms with van der Waals surface area (Å²) in [5.74, 6) is -0.282. The fourth-order valence-electron chi connectivity index (χ4n) is 2.54. The molecule has 0 aliphatic carbocycles. The highest BCUT2D eigenvalue weighted by atomic mass is 19.4. The highest BCUT2D eigenvalue weighted by Crippen LogP contribution is 2.29. The summed E-state index contributed by atoms with van der Waals surface area (Å²) < 4.78 is 37.4. The van der Waals surface area contributed by atoms with E-state index in [1.807, 2.05) is 6.92 Å². The highest BCUT2D eigenvalue weighted by Gasteiger charge is 2.30. The van der Waals surface area contributed by atoms with Crippen molar-refractivity contribution in [2.45, 2.75) is 25.9 Å². The Morgan fingerprint density at radius 2 is 1.75 bits per heavy atom. The fraction of sp³-hybridized carbons (Fsp3) is 0.533. The van der Waals surface area contributed by atoms with Crippen molar-refractivity contribution in [2.24, 2.45) is 5.92 Å². The molecule has 0 amide bonds. The van der Waals surface area contributed by atoms with Gasteiger partial charge in [0.2, 0.25) is 0 Å². The summed E-state index contributed by atoms with van der Waals surface area (Å²) in [6.45, 7) is 4.52. The molecule has 2 rings (SSSR count). The highest BCUT2D eigenvalue weighted by molar-refractivity contribution is 5.97. The SMILES string of the molecule is C[C@H](CN1CCCC1)C(=O)c1ccc(C(F)(F)F)cc1. The van der Waals surface area contributed by atoms with Crippen LogP contribution in [0.2, 0.25) is 0 Å². The maximum Gasteiger partial charge on any atom is 0.416 e. The lowest BCUT2D eigenvalue weighted by atomic mass is 9.98. The van der Waals surface area contributed by atoms with Crippen LogP contribution in [0.1, 0.15) is 35.7 Å². The fourth-order valence-corrected chi connectivity index (χ4v) is 2.54. The van der Waals surface area contributed by atoms with E-state index in [0.29, 0.717) is 12.1 Å². The molecule has 5 heteroatoms. The molecule has 2 nitrogen and oxygen atoms in total. The molecule has 1 aromatic carbocycles. The van der Waals surface area contributed by atoms with E-state index >= 15 is 0 Å². The molecule has 0 saturated carbocycles. The first-order chi connectivity index (χ1) is 9.38. The Hall–Kier alpha value is -1.36. The van der Waals surface area contributed by atoms with Gasteiger partial charge in [0.1, 0.15) is 0 Å². The second-order valence-corrected chi connectivity index (χ2v) is 5.35. The van der Waals surface area contributed by atoms with Crippen LogP contribution in [0.3, 0.4) is 0 Å². The van der Waals surface area contributed by atoms with Gasteiger partial charge in [-0.05, 0) is 38.1 Å². The van der Waals surface area contributed by atoms with E-state index in [0.717, 1.165) is 38.1 Å². The van der Waals surface area contributed by atoms with E-state index in [-0.39, 0.29) is 11.7 Å². The molecular formula is C15H18F3NO. The Morgan fingerprint density at radius 1 is 1.20 bits per heavy atom. The van der Waals surface area contributed by atoms with Crippen molar-refractivity contribution in [3.05, 3.63) is 35.4 Å². The van der Waals surface area contributed by atoms with E-state index in [4.69, 9.17) is 0 Å². The van der Waals surface area contributed by atoms with Crippen LogP contribution in [0.4, 0.5) is 13.2 Å². The molecular weight excluding hydrogens is 267 g/mol. The topological polar surface area (TPSA) is 20.3 Å². The first kappa shape index (κ1) is 15.0. The van der Waals surface area contributed by atoms with Crippen LogP contribution in [0.25, 0.3) is 0 Å². The molecule has 0 aromatic heterocycles. The molecule has 1 atom stereocenters. The largest absolute Gasteiger partial charge is 0.416 e. The van der Waals surface area contributed by atoms with Crippen LogP contribution in [-0.4, -0.2) is 30.3 Å². The van der Waals surface area contributed by atoms with E-state index in [1.165, 1.54) is 12.1 Å². The van der Waals surface area contributed by atoms with Gasteiger partial charge in [-0.15, -0.1) is 0 Å². The van der Waals surface area contributed by atoms with Crippen molar-refractivity contribution >= 4 is 5.78 Å². The molecule has 110 valence electrons. The number of halogens is 3. The zero-order valence-electron chi connectivity index (χ0n) is 11.4. The molecule has 0 spiro atoms. The third-order valence-electron chi connectivity index (χ3n) is 3.68. The van der Waals surface area contributed by atoms with Crippen LogP contribution in [0.15, 0.2) is 24.3 Å². The molecule has 20 heavy (non-hydrogen) atoms. The zero-order chi connectivity index (χ0) is 14.8. The first-order valence-corrected chi connectivity index (χ1v) is 6.82. The van der Waals surface area contributed by atoms with Crippen molar-refractivity contribution in [3.8, 4) is 0 Å². The van der Waals surface area contributed by atoms with Crippen LogP contribution in [-0.2, 0) is 6.18 Å². The number of carbonyl (C=O) groups excluding carboxylic acids is 1. The number of nitrogens with zero attached hydrogens (tertiary/aromatic N) is 1. The van der Waals surface area contributed by atoms with Crippen molar-refractivity contribution < 1.29 is 18.0 Å². The van der Waals surface area contributed by atoms with Gasteiger partial charge in [0.05, 0.1) is 5.56 Å². The summed E-state index contributed by atoms with van der Waals surface area (Å²) in [7, 11) is 0. The predicted molar refractivity (Wildman–Crippen MR) is 70.6 cm³/mol. The van der Waals surface area contributed by atoms with Crippen LogP contribution < -0.4 is 0 Å². The van der Waals surface area contributed by atoms with Gasteiger partial charge in [0.15, 0.2) is 5.78 Å². The van der Waals surface area contributed by atoms with Gasteiger partial charge in [-0.25, -0.2) is 0 Å². The maximum atomic E-state index is 12.5. The van der Waals surface area contributed by atoms with Crippen molar-refractivity contribution in [2.75, 3.05) is 19.6 Å². The van der Waals surface area contributed by atoms with E-state index in [2.05, 4.69) is 4.90 Å². The number of alkyl halides is 3. The van der Waals surface area contributed by atoms with Crippen molar-refractivity contribution in [1.82, 2.24) is 4.90 Å². The lowest BCUT2D eigenvalue weighted by Gasteiger charge is -2.19. The molecule has 1 fully saturated rings. The van der Waals surface area contributed by atoms with Crippen molar-refractivity contribution in [1.29, 1.82) is 0 Å². The molecule has 1 aliphatic rings. The monoisotopic (exact) mass is 285 g/mol. The molecule has 0 bridgehead atoms. The van der Waals surface area contributed by atoms with Crippen molar-refractivity contribution in [3.63, 3.8) is 0 Å². The standard InChI is InChI=1S/C15H18F3NO/c1-11(10-19-8-2-3-9-19)14(20)12-4-6-13(7-5-12)15(16,17)18/h4-7,11H,2-3,8-10H2,1H3/t11-/m1/s1. The maximum absolute atomic E-state index is 12.5. The van der Waals surface area contributed by atoms with Crippen LogP contribution >= 0.6 is 0 Å². The summed E-state index contributed by atoms with van der Waals surface area (Å²) in [6.07, 6.45) is -2.05. The second-order valence-electron chi connectivity index (χ2n) is 5.35. The average molecular weight is 285 g/mol. The predicted octanol–water partition coefficient (Wildman–Crippen LogP) is 3.62. The lowest BCUT2D eigenvalue weighted by Crippen LogP contribution is -2.29. The summed E-state index contributed by atoms with van der Waals surface area (Å²) in [5, 5.41) is 0. The number of likely N-dealkylation sites (tertiary alicyclic amines) is 1. The number of rotatable bonds is 4. The van der Waals surface area contributed by atoms with Crippen LogP contribution in [0.5, 0.6) is 0 Å². The Balaban J connectivity index is 2.01. The molecule has 1 saturated heterocycles. The summed E-state index contributed by atoms with van der Waals surface area (Å²) in [6, 6.07) is 4.48. The zero-order valence-corrected chi connectivity index (χ0v) is 11.4. The number of hydrogen-bond donors (Lipinski definition) is 0. The van der Waals surface area contributed by atoms with E-state index < -0.39 is 11.7 Å². The Labute approximate surface area is 116 Å². The molecule has 1 aliphatic heterocycles. The minimum absolute atomic E-state index is 0.0920. The first-order valence-electron chi connectivity index (χ1n) is 6.82. The Bertz CT molecular complexity index is 461. The normalized spacial score (nSPS) is 18.2. The summed E-state index contributed by atoms with van der Waals surface area (Å²) in [5.41, 5.74) is -0.369. The molecule has 0 unspecified atom stereocenters.